The predicted molar refractivity (Wildman–Crippen MR) is 91.3 cm³/mol. The fourth-order valence-corrected chi connectivity index (χ4v) is 3.78. The molecule has 0 aromatic heterocycles. The van der Waals surface area contributed by atoms with E-state index >= 15 is 0 Å². The van der Waals surface area contributed by atoms with Crippen LogP contribution in [0.3, 0.4) is 0 Å². The van der Waals surface area contributed by atoms with E-state index in [4.69, 9.17) is 11.6 Å². The summed E-state index contributed by atoms with van der Waals surface area (Å²) in [6.45, 7) is 1.80. The van der Waals surface area contributed by atoms with Crippen LogP contribution < -0.4 is 0 Å². The van der Waals surface area contributed by atoms with Crippen LogP contribution >= 0.6 is 11.6 Å². The molecule has 3 aliphatic heterocycles. The van der Waals surface area contributed by atoms with E-state index in [1.165, 1.54) is 12.1 Å². The summed E-state index contributed by atoms with van der Waals surface area (Å²) < 4.78 is 0. The Morgan fingerprint density at radius 1 is 1.21 bits per heavy atom. The number of urea groups is 1. The molecule has 3 heterocycles. The smallest absolute Gasteiger partial charge is 0.319 e. The second kappa shape index (κ2) is 6.51. The molecule has 0 unspecified atom stereocenters. The van der Waals surface area contributed by atoms with Crippen molar-refractivity contribution in [1.29, 1.82) is 0 Å². The number of aromatic hydroxyl groups is 1. The van der Waals surface area contributed by atoms with E-state index in [-0.39, 0.29) is 35.2 Å². The second-order valence-corrected chi connectivity index (χ2v) is 7.23. The van der Waals surface area contributed by atoms with Crippen molar-refractivity contribution in [2.24, 2.45) is 5.92 Å². The van der Waals surface area contributed by atoms with Crippen LogP contribution in [0.2, 0.25) is 5.02 Å². The molecule has 2 bridgehead atoms. The van der Waals surface area contributed by atoms with Gasteiger partial charge in [-0.1, -0.05) is 11.6 Å². The first-order valence-corrected chi connectivity index (χ1v) is 8.50. The van der Waals surface area contributed by atoms with Gasteiger partial charge < -0.3 is 19.8 Å². The van der Waals surface area contributed by atoms with E-state index in [2.05, 4.69) is 0 Å². The Balaban J connectivity index is 1.84. The summed E-state index contributed by atoms with van der Waals surface area (Å²) in [7, 11) is 3.48. The number of amides is 3. The zero-order valence-corrected chi connectivity index (χ0v) is 14.7. The van der Waals surface area contributed by atoms with Gasteiger partial charge in [-0.15, -0.1) is 0 Å². The molecule has 0 radical (unpaired) electrons. The third-order valence-corrected chi connectivity index (χ3v) is 5.05. The van der Waals surface area contributed by atoms with Crippen molar-refractivity contribution in [3.63, 3.8) is 0 Å². The van der Waals surface area contributed by atoms with Gasteiger partial charge in [0.2, 0.25) is 0 Å². The zero-order chi connectivity index (χ0) is 17.4. The van der Waals surface area contributed by atoms with Crippen molar-refractivity contribution in [2.45, 2.75) is 18.9 Å². The van der Waals surface area contributed by atoms with Crippen LogP contribution in [0, 0.1) is 5.92 Å². The fourth-order valence-electron chi connectivity index (χ4n) is 3.60. The van der Waals surface area contributed by atoms with Crippen LogP contribution in [0.1, 0.15) is 23.2 Å². The molecule has 3 saturated heterocycles. The summed E-state index contributed by atoms with van der Waals surface area (Å²) in [6.07, 6.45) is 1.88. The van der Waals surface area contributed by atoms with Crippen LogP contribution in [0.5, 0.6) is 5.75 Å². The average molecular weight is 352 g/mol. The quantitative estimate of drug-likeness (QED) is 0.844. The van der Waals surface area contributed by atoms with Gasteiger partial charge in [0.15, 0.2) is 0 Å². The van der Waals surface area contributed by atoms with Crippen LogP contribution in [-0.4, -0.2) is 71.5 Å². The normalized spacial score (nSPS) is 23.1. The van der Waals surface area contributed by atoms with E-state index in [0.717, 1.165) is 12.8 Å². The van der Waals surface area contributed by atoms with Crippen LogP contribution in [0.4, 0.5) is 4.79 Å². The first-order valence-electron chi connectivity index (χ1n) is 8.12. The van der Waals surface area contributed by atoms with Gasteiger partial charge in [-0.05, 0) is 37.0 Å². The Kier molecular flexibility index (Phi) is 4.58. The highest BCUT2D eigenvalue weighted by atomic mass is 35.5. The molecule has 0 saturated carbocycles. The van der Waals surface area contributed by atoms with E-state index in [1.807, 2.05) is 4.90 Å². The maximum absolute atomic E-state index is 12.9. The maximum Gasteiger partial charge on any atom is 0.319 e. The number of benzene rings is 1. The van der Waals surface area contributed by atoms with Gasteiger partial charge >= 0.3 is 6.03 Å². The third kappa shape index (κ3) is 3.15. The largest absolute Gasteiger partial charge is 0.507 e. The van der Waals surface area contributed by atoms with Crippen molar-refractivity contribution in [2.75, 3.05) is 33.7 Å². The van der Waals surface area contributed by atoms with Gasteiger partial charge in [0.1, 0.15) is 5.75 Å². The molecule has 4 rings (SSSR count). The molecule has 130 valence electrons. The van der Waals surface area contributed by atoms with Crippen LogP contribution in [-0.2, 0) is 0 Å². The lowest BCUT2D eigenvalue weighted by Gasteiger charge is -2.36. The van der Waals surface area contributed by atoms with E-state index in [9.17, 15) is 14.7 Å². The number of hydrogen-bond donors (Lipinski definition) is 1. The summed E-state index contributed by atoms with van der Waals surface area (Å²) >= 11 is 5.97. The van der Waals surface area contributed by atoms with Crippen molar-refractivity contribution in [3.05, 3.63) is 28.8 Å². The highest BCUT2D eigenvalue weighted by Gasteiger charge is 2.39. The number of carbonyl (C=O) groups excluding carboxylic acids is 2. The minimum absolute atomic E-state index is 0.0215. The zero-order valence-electron chi connectivity index (χ0n) is 13.9. The van der Waals surface area contributed by atoms with Gasteiger partial charge in [-0.25, -0.2) is 4.79 Å². The Labute approximate surface area is 146 Å². The van der Waals surface area contributed by atoms with Crippen molar-refractivity contribution < 1.29 is 14.7 Å². The lowest BCUT2D eigenvalue weighted by molar-refractivity contribution is 0.0582. The molecule has 3 amide bonds. The van der Waals surface area contributed by atoms with Gasteiger partial charge in [0, 0.05) is 44.8 Å². The van der Waals surface area contributed by atoms with Gasteiger partial charge in [-0.3, -0.25) is 4.79 Å². The topological polar surface area (TPSA) is 64.1 Å². The van der Waals surface area contributed by atoms with Gasteiger partial charge in [0.05, 0.1) is 5.56 Å². The molecule has 7 heteroatoms. The number of hydrogen-bond acceptors (Lipinski definition) is 3. The Hall–Kier alpha value is -1.95. The highest BCUT2D eigenvalue weighted by Crippen LogP contribution is 2.31. The van der Waals surface area contributed by atoms with Crippen LogP contribution in [0.15, 0.2) is 18.2 Å². The molecule has 1 aromatic carbocycles. The summed E-state index contributed by atoms with van der Waals surface area (Å²) in [5.41, 5.74) is 0.223. The number of rotatable bonds is 1. The van der Waals surface area contributed by atoms with Crippen LogP contribution in [0.25, 0.3) is 0 Å². The highest BCUT2D eigenvalue weighted by molar-refractivity contribution is 6.31. The number of phenolic OH excluding ortho intramolecular Hbond substituents is 1. The summed E-state index contributed by atoms with van der Waals surface area (Å²) in [5, 5.41) is 10.4. The molecule has 1 aromatic rings. The second-order valence-electron chi connectivity index (χ2n) is 6.80. The Bertz CT molecular complexity index is 664. The lowest BCUT2D eigenvalue weighted by Crippen LogP contribution is -2.48. The average Bonchev–Trinajstić information content (AvgIpc) is 2.87. The van der Waals surface area contributed by atoms with E-state index in [0.29, 0.717) is 24.7 Å². The SMILES string of the molecule is CN(C)C(=O)N1C[C@@H]2CC[C@H](C1)N(C(=O)c1cc(Cl)ccc1O)C2. The van der Waals surface area contributed by atoms with Gasteiger partial charge in [-0.2, -0.15) is 0 Å². The monoisotopic (exact) mass is 351 g/mol. The first kappa shape index (κ1) is 16.9. The minimum atomic E-state index is -0.219. The number of piperidine rings is 1. The van der Waals surface area contributed by atoms with Crippen molar-refractivity contribution in [1.82, 2.24) is 14.7 Å². The number of carbonyl (C=O) groups is 2. The molecular weight excluding hydrogens is 330 g/mol. The third-order valence-electron chi connectivity index (χ3n) is 4.82. The van der Waals surface area contributed by atoms with Crippen molar-refractivity contribution in [3.8, 4) is 5.75 Å². The molecule has 3 fully saturated rings. The minimum Gasteiger partial charge on any atom is -0.507 e. The molecule has 2 atom stereocenters. The molecule has 3 aliphatic rings. The molecule has 6 nitrogen and oxygen atoms in total. The fraction of sp³-hybridized carbons (Fsp3) is 0.529. The Morgan fingerprint density at radius 3 is 2.67 bits per heavy atom. The van der Waals surface area contributed by atoms with Gasteiger partial charge in [0.25, 0.3) is 5.91 Å². The molecular formula is C17H22ClN3O3. The summed E-state index contributed by atoms with van der Waals surface area (Å²) in [6, 6.07) is 4.44. The van der Waals surface area contributed by atoms with Crippen molar-refractivity contribution >= 4 is 23.5 Å². The number of phenols is 1. The molecule has 24 heavy (non-hydrogen) atoms. The first-order chi connectivity index (χ1) is 11.4. The van der Waals surface area contributed by atoms with E-state index in [1.54, 1.807) is 30.0 Å². The number of halogens is 1. The molecule has 0 aliphatic carbocycles. The number of nitrogens with zero attached hydrogens (tertiary/aromatic N) is 3. The number of fused-ring (bicyclic) bond motifs is 4. The van der Waals surface area contributed by atoms with E-state index < -0.39 is 0 Å². The maximum atomic E-state index is 12.9. The standard InChI is InChI=1S/C17H22ClN3O3/c1-19(2)17(24)20-8-11-3-5-13(10-20)21(9-11)16(23)14-7-12(18)4-6-15(14)22/h4,6-7,11,13,22H,3,5,8-10H2,1-2H3/t11-,13+/m0/s1. The molecule has 0 spiro atoms. The lowest BCUT2D eigenvalue weighted by atomic mass is 9.94. The Morgan fingerprint density at radius 2 is 1.96 bits per heavy atom. The molecule has 1 N–H and O–H groups in total. The summed E-state index contributed by atoms with van der Waals surface area (Å²) in [4.78, 5) is 30.4. The summed E-state index contributed by atoms with van der Waals surface area (Å²) in [5.74, 6) is -0.0208. The predicted octanol–water partition coefficient (Wildman–Crippen LogP) is 2.26.